The molecule has 1 aromatic carbocycles. The van der Waals surface area contributed by atoms with Gasteiger partial charge in [0.15, 0.2) is 0 Å². The summed E-state index contributed by atoms with van der Waals surface area (Å²) in [5.41, 5.74) is 0.718. The smallest absolute Gasteiger partial charge is 0.131 e. The average molecular weight is 265 g/mol. The van der Waals surface area contributed by atoms with E-state index < -0.39 is 0 Å². The summed E-state index contributed by atoms with van der Waals surface area (Å²) < 4.78 is 19.0. The van der Waals surface area contributed by atoms with Gasteiger partial charge in [-0.1, -0.05) is 25.8 Å². The number of rotatable bonds is 7. The molecule has 0 radical (unpaired) electrons. The molecule has 1 aliphatic rings. The number of ether oxygens (including phenoxy) is 1. The number of halogens is 1. The highest BCUT2D eigenvalue weighted by Crippen LogP contribution is 2.34. The van der Waals surface area contributed by atoms with Crippen LogP contribution in [-0.2, 0) is 0 Å². The Morgan fingerprint density at radius 1 is 1.42 bits per heavy atom. The molecule has 0 aromatic heterocycles. The van der Waals surface area contributed by atoms with Crippen molar-refractivity contribution in [1.29, 1.82) is 0 Å². The minimum Gasteiger partial charge on any atom is -0.497 e. The molecule has 2 nitrogen and oxygen atoms in total. The van der Waals surface area contributed by atoms with Gasteiger partial charge < -0.3 is 10.1 Å². The van der Waals surface area contributed by atoms with Gasteiger partial charge in [-0.05, 0) is 31.7 Å². The molecule has 2 rings (SSSR count). The first-order chi connectivity index (χ1) is 9.13. The van der Waals surface area contributed by atoms with Crippen molar-refractivity contribution in [2.24, 2.45) is 5.92 Å². The Kier molecular flexibility index (Phi) is 4.81. The van der Waals surface area contributed by atoms with Crippen molar-refractivity contribution in [3.8, 4) is 5.75 Å². The Hall–Kier alpha value is -1.09. The van der Waals surface area contributed by atoms with E-state index in [2.05, 4.69) is 12.2 Å². The lowest BCUT2D eigenvalue weighted by Crippen LogP contribution is -2.31. The molecule has 0 saturated heterocycles. The van der Waals surface area contributed by atoms with Gasteiger partial charge in [-0.15, -0.1) is 0 Å². The maximum Gasteiger partial charge on any atom is 0.131 e. The van der Waals surface area contributed by atoms with Gasteiger partial charge in [0, 0.05) is 23.7 Å². The molecular formula is C16H24FNO. The minimum absolute atomic E-state index is 0.0367. The monoisotopic (exact) mass is 265 g/mol. The van der Waals surface area contributed by atoms with Crippen LogP contribution < -0.4 is 10.1 Å². The van der Waals surface area contributed by atoms with E-state index in [0.29, 0.717) is 11.8 Å². The highest BCUT2D eigenvalue weighted by Gasteiger charge is 2.25. The molecule has 1 N–H and O–H groups in total. The molecular weight excluding hydrogens is 241 g/mol. The van der Waals surface area contributed by atoms with Crippen molar-refractivity contribution < 1.29 is 9.13 Å². The Balaban J connectivity index is 1.99. The molecule has 0 bridgehead atoms. The third-order valence-corrected chi connectivity index (χ3v) is 3.97. The molecule has 0 amide bonds. The first-order valence-electron chi connectivity index (χ1n) is 7.23. The van der Waals surface area contributed by atoms with Gasteiger partial charge in [-0.3, -0.25) is 0 Å². The maximum absolute atomic E-state index is 14.0. The van der Waals surface area contributed by atoms with E-state index in [4.69, 9.17) is 4.74 Å². The predicted octanol–water partition coefficient (Wildman–Crippen LogP) is 4.06. The molecule has 0 aliphatic heterocycles. The van der Waals surface area contributed by atoms with Crippen LogP contribution in [0.4, 0.5) is 4.39 Å². The molecule has 1 saturated carbocycles. The maximum atomic E-state index is 14.0. The number of hydrogen-bond acceptors (Lipinski definition) is 2. The Bertz CT molecular complexity index is 417. The summed E-state index contributed by atoms with van der Waals surface area (Å²) in [6, 6.07) is 5.61. The molecule has 1 aromatic rings. The van der Waals surface area contributed by atoms with Gasteiger partial charge in [0.05, 0.1) is 7.11 Å². The van der Waals surface area contributed by atoms with E-state index in [1.165, 1.54) is 25.3 Å². The highest BCUT2D eigenvalue weighted by molar-refractivity contribution is 5.30. The summed E-state index contributed by atoms with van der Waals surface area (Å²) in [5, 5.41) is 3.55. The molecule has 2 atom stereocenters. The number of hydrogen-bond donors (Lipinski definition) is 1. The second-order valence-electron chi connectivity index (χ2n) is 5.56. The average Bonchev–Trinajstić information content (AvgIpc) is 3.21. The second kappa shape index (κ2) is 6.38. The molecule has 1 aliphatic carbocycles. The fourth-order valence-corrected chi connectivity index (χ4v) is 2.54. The van der Waals surface area contributed by atoms with Crippen LogP contribution in [0.5, 0.6) is 5.75 Å². The van der Waals surface area contributed by atoms with Crippen molar-refractivity contribution in [1.82, 2.24) is 5.32 Å². The van der Waals surface area contributed by atoms with E-state index in [9.17, 15) is 4.39 Å². The standard InChI is InChI=1S/C16H24FNO/c1-4-13(9-12-5-6-12)18-11(2)15-8-7-14(19-3)10-16(15)17/h7-8,10-13,18H,4-6,9H2,1-3H3. The molecule has 3 heteroatoms. The van der Waals surface area contributed by atoms with Gasteiger partial charge in [0.1, 0.15) is 11.6 Å². The van der Waals surface area contributed by atoms with Crippen molar-refractivity contribution in [2.75, 3.05) is 7.11 Å². The fourth-order valence-electron chi connectivity index (χ4n) is 2.54. The van der Waals surface area contributed by atoms with Gasteiger partial charge in [0.2, 0.25) is 0 Å². The largest absolute Gasteiger partial charge is 0.497 e. The Morgan fingerprint density at radius 2 is 2.16 bits per heavy atom. The molecule has 19 heavy (non-hydrogen) atoms. The van der Waals surface area contributed by atoms with Crippen molar-refractivity contribution in [3.05, 3.63) is 29.6 Å². The predicted molar refractivity (Wildman–Crippen MR) is 75.9 cm³/mol. The van der Waals surface area contributed by atoms with Crippen LogP contribution in [0.3, 0.4) is 0 Å². The number of benzene rings is 1. The number of methoxy groups -OCH3 is 1. The summed E-state index contributed by atoms with van der Waals surface area (Å²) in [5.74, 6) is 1.27. The van der Waals surface area contributed by atoms with Crippen molar-refractivity contribution >= 4 is 0 Å². The lowest BCUT2D eigenvalue weighted by Gasteiger charge is -2.23. The zero-order valence-corrected chi connectivity index (χ0v) is 12.1. The molecule has 1 fully saturated rings. The minimum atomic E-state index is -0.194. The highest BCUT2D eigenvalue weighted by atomic mass is 19.1. The van der Waals surface area contributed by atoms with Crippen LogP contribution in [0.15, 0.2) is 18.2 Å². The number of nitrogens with one attached hydrogen (secondary N) is 1. The lowest BCUT2D eigenvalue weighted by atomic mass is 10.0. The van der Waals surface area contributed by atoms with E-state index in [-0.39, 0.29) is 11.9 Å². The quantitative estimate of drug-likeness (QED) is 0.802. The summed E-state index contributed by atoms with van der Waals surface area (Å²) in [6.07, 6.45) is 5.05. The van der Waals surface area contributed by atoms with Crippen LogP contribution >= 0.6 is 0 Å². The van der Waals surface area contributed by atoms with Crippen LogP contribution in [0.1, 0.15) is 51.1 Å². The molecule has 0 heterocycles. The van der Waals surface area contributed by atoms with E-state index >= 15 is 0 Å². The van der Waals surface area contributed by atoms with E-state index in [1.807, 2.05) is 19.1 Å². The topological polar surface area (TPSA) is 21.3 Å². The third-order valence-electron chi connectivity index (χ3n) is 3.97. The molecule has 0 spiro atoms. The van der Waals surface area contributed by atoms with Gasteiger partial charge in [0.25, 0.3) is 0 Å². The first-order valence-corrected chi connectivity index (χ1v) is 7.23. The third kappa shape index (κ3) is 3.93. The van der Waals surface area contributed by atoms with E-state index in [0.717, 1.165) is 17.9 Å². The van der Waals surface area contributed by atoms with Crippen molar-refractivity contribution in [2.45, 2.75) is 51.6 Å². The molecule has 2 unspecified atom stereocenters. The second-order valence-corrected chi connectivity index (χ2v) is 5.56. The summed E-state index contributed by atoms with van der Waals surface area (Å²) in [4.78, 5) is 0. The van der Waals surface area contributed by atoms with Crippen molar-refractivity contribution in [3.63, 3.8) is 0 Å². The SMILES string of the molecule is CCC(CC1CC1)NC(C)c1ccc(OC)cc1F. The lowest BCUT2D eigenvalue weighted by molar-refractivity contribution is 0.392. The molecule has 106 valence electrons. The zero-order valence-electron chi connectivity index (χ0n) is 12.1. The summed E-state index contributed by atoms with van der Waals surface area (Å²) in [7, 11) is 1.55. The Labute approximate surface area is 115 Å². The summed E-state index contributed by atoms with van der Waals surface area (Å²) >= 11 is 0. The van der Waals surface area contributed by atoms with Crippen LogP contribution in [0, 0.1) is 11.7 Å². The van der Waals surface area contributed by atoms with Gasteiger partial charge in [-0.2, -0.15) is 0 Å². The van der Waals surface area contributed by atoms with E-state index in [1.54, 1.807) is 7.11 Å². The zero-order chi connectivity index (χ0) is 13.8. The normalized spacial score (nSPS) is 18.1. The van der Waals surface area contributed by atoms with Gasteiger partial charge in [-0.25, -0.2) is 4.39 Å². The van der Waals surface area contributed by atoms with Crippen LogP contribution in [0.25, 0.3) is 0 Å². The van der Waals surface area contributed by atoms with Crippen LogP contribution in [-0.4, -0.2) is 13.2 Å². The first kappa shape index (κ1) is 14.3. The van der Waals surface area contributed by atoms with Crippen LogP contribution in [0.2, 0.25) is 0 Å². The van der Waals surface area contributed by atoms with Gasteiger partial charge >= 0.3 is 0 Å². The fraction of sp³-hybridized carbons (Fsp3) is 0.625. The summed E-state index contributed by atoms with van der Waals surface area (Å²) in [6.45, 7) is 4.22. The Morgan fingerprint density at radius 3 is 2.68 bits per heavy atom.